The molecule has 7 atom stereocenters. The van der Waals surface area contributed by atoms with E-state index in [1.807, 2.05) is 0 Å². The third kappa shape index (κ3) is 1.79. The highest BCUT2D eigenvalue weighted by molar-refractivity contribution is 5.77. The molecular weight excluding hydrogens is 262 g/mol. The van der Waals surface area contributed by atoms with Gasteiger partial charge in [-0.2, -0.15) is 0 Å². The van der Waals surface area contributed by atoms with Crippen molar-refractivity contribution < 1.29 is 9.90 Å². The molecule has 4 fully saturated rings. The molecule has 1 aliphatic heterocycles. The number of aliphatic hydroxyl groups is 1. The summed E-state index contributed by atoms with van der Waals surface area (Å²) < 4.78 is 0. The van der Waals surface area contributed by atoms with Gasteiger partial charge < -0.3 is 10.4 Å². The number of aliphatic hydroxyl groups excluding tert-OH is 1. The predicted octanol–water partition coefficient (Wildman–Crippen LogP) is 2.87. The Bertz CT molecular complexity index is 464. The fourth-order valence-corrected chi connectivity index (χ4v) is 6.67. The van der Waals surface area contributed by atoms with Gasteiger partial charge in [-0.15, -0.1) is 0 Å². The van der Waals surface area contributed by atoms with Gasteiger partial charge in [-0.3, -0.25) is 4.79 Å². The number of amides is 1. The number of piperidine rings is 1. The first-order chi connectivity index (χ1) is 9.95. The molecule has 0 aromatic rings. The molecule has 0 bridgehead atoms. The molecule has 1 amide bonds. The van der Waals surface area contributed by atoms with Crippen molar-refractivity contribution in [2.24, 2.45) is 28.6 Å². The van der Waals surface area contributed by atoms with Crippen molar-refractivity contribution in [1.82, 2.24) is 5.32 Å². The van der Waals surface area contributed by atoms with Crippen LogP contribution in [-0.2, 0) is 4.79 Å². The molecule has 1 saturated heterocycles. The van der Waals surface area contributed by atoms with E-state index < -0.39 is 0 Å². The van der Waals surface area contributed by atoms with Crippen LogP contribution in [0.4, 0.5) is 0 Å². The number of carbonyl (C=O) groups excluding carboxylic acids is 1. The molecule has 0 aromatic heterocycles. The maximum atomic E-state index is 11.8. The van der Waals surface area contributed by atoms with Crippen LogP contribution in [0, 0.1) is 28.6 Å². The third-order valence-corrected chi connectivity index (χ3v) is 8.04. The van der Waals surface area contributed by atoms with Crippen LogP contribution < -0.4 is 5.32 Å². The van der Waals surface area contributed by atoms with E-state index >= 15 is 0 Å². The molecule has 0 spiro atoms. The van der Waals surface area contributed by atoms with E-state index in [4.69, 9.17) is 0 Å². The highest BCUT2D eigenvalue weighted by Crippen LogP contribution is 2.63. The van der Waals surface area contributed by atoms with E-state index in [2.05, 4.69) is 19.2 Å². The lowest BCUT2D eigenvalue weighted by molar-refractivity contribution is -0.138. The molecule has 3 saturated carbocycles. The zero-order valence-corrected chi connectivity index (χ0v) is 13.4. The minimum absolute atomic E-state index is 0.0833. The van der Waals surface area contributed by atoms with Crippen molar-refractivity contribution in [3.05, 3.63) is 0 Å². The molecule has 3 aliphatic carbocycles. The van der Waals surface area contributed by atoms with Gasteiger partial charge >= 0.3 is 0 Å². The summed E-state index contributed by atoms with van der Waals surface area (Å²) in [6.45, 7) is 4.77. The minimum Gasteiger partial charge on any atom is -0.393 e. The van der Waals surface area contributed by atoms with Gasteiger partial charge in [0.1, 0.15) is 0 Å². The fourth-order valence-electron chi connectivity index (χ4n) is 6.67. The Hall–Kier alpha value is -0.570. The molecule has 3 nitrogen and oxygen atoms in total. The Balaban J connectivity index is 1.64. The number of rotatable bonds is 0. The molecule has 3 heteroatoms. The van der Waals surface area contributed by atoms with Gasteiger partial charge in [0.05, 0.1) is 6.10 Å². The quantitative estimate of drug-likeness (QED) is 0.721. The molecule has 4 rings (SSSR count). The van der Waals surface area contributed by atoms with Gasteiger partial charge in [0.2, 0.25) is 5.91 Å². The summed E-state index contributed by atoms with van der Waals surface area (Å²) in [4.78, 5) is 11.8. The van der Waals surface area contributed by atoms with Crippen LogP contribution in [-0.4, -0.2) is 23.2 Å². The maximum Gasteiger partial charge on any atom is 0.220 e. The van der Waals surface area contributed by atoms with Gasteiger partial charge in [0, 0.05) is 12.5 Å². The second-order valence-corrected chi connectivity index (χ2v) is 8.72. The lowest BCUT2D eigenvalue weighted by Crippen LogP contribution is -2.61. The number of carbonyl (C=O) groups is 1. The van der Waals surface area contributed by atoms with Crippen LogP contribution in [0.25, 0.3) is 0 Å². The van der Waals surface area contributed by atoms with Gasteiger partial charge in [0.25, 0.3) is 0 Å². The molecular formula is C18H29NO2. The van der Waals surface area contributed by atoms with Crippen molar-refractivity contribution in [3.63, 3.8) is 0 Å². The number of nitrogens with one attached hydrogen (secondary N) is 1. The van der Waals surface area contributed by atoms with Crippen LogP contribution in [0.1, 0.15) is 65.2 Å². The smallest absolute Gasteiger partial charge is 0.220 e. The zero-order chi connectivity index (χ0) is 14.8. The Morgan fingerprint density at radius 2 is 1.76 bits per heavy atom. The number of hydrogen-bond donors (Lipinski definition) is 2. The van der Waals surface area contributed by atoms with Crippen LogP contribution in [0.15, 0.2) is 0 Å². The molecule has 4 aliphatic rings. The van der Waals surface area contributed by atoms with E-state index in [1.54, 1.807) is 0 Å². The second-order valence-electron chi connectivity index (χ2n) is 8.72. The van der Waals surface area contributed by atoms with Crippen LogP contribution >= 0.6 is 0 Å². The first-order valence-corrected chi connectivity index (χ1v) is 8.92. The first kappa shape index (κ1) is 14.0. The zero-order valence-electron chi connectivity index (χ0n) is 13.4. The van der Waals surface area contributed by atoms with Crippen molar-refractivity contribution in [3.8, 4) is 0 Å². The molecule has 118 valence electrons. The van der Waals surface area contributed by atoms with Gasteiger partial charge in [-0.25, -0.2) is 0 Å². The summed E-state index contributed by atoms with van der Waals surface area (Å²) in [7, 11) is 0. The molecule has 0 unspecified atom stereocenters. The van der Waals surface area contributed by atoms with Gasteiger partial charge in [-0.05, 0) is 73.5 Å². The SMILES string of the molecule is C[C@]12CCC(=O)N[C@@H]1CC[C@@H]1[C@@H]2CC[C@]2(C)[C@@H](O)CC[C@@H]12. The normalized spacial score (nSPS) is 56.1. The van der Waals surface area contributed by atoms with E-state index in [0.29, 0.717) is 23.8 Å². The highest BCUT2D eigenvalue weighted by atomic mass is 16.3. The second kappa shape index (κ2) is 4.47. The molecule has 2 N–H and O–H groups in total. The molecule has 0 radical (unpaired) electrons. The van der Waals surface area contributed by atoms with Crippen molar-refractivity contribution in [2.45, 2.75) is 77.4 Å². The molecule has 1 heterocycles. The summed E-state index contributed by atoms with van der Waals surface area (Å²) in [5, 5.41) is 13.7. The fraction of sp³-hybridized carbons (Fsp3) is 0.944. The van der Waals surface area contributed by atoms with E-state index in [0.717, 1.165) is 31.1 Å². The third-order valence-electron chi connectivity index (χ3n) is 8.04. The van der Waals surface area contributed by atoms with Crippen molar-refractivity contribution in [1.29, 1.82) is 0 Å². The lowest BCUT2D eigenvalue weighted by Gasteiger charge is -2.59. The van der Waals surface area contributed by atoms with Crippen LogP contribution in [0.5, 0.6) is 0 Å². The molecule has 21 heavy (non-hydrogen) atoms. The average molecular weight is 291 g/mol. The maximum absolute atomic E-state index is 11.8. The monoisotopic (exact) mass is 291 g/mol. The van der Waals surface area contributed by atoms with E-state index in [-0.39, 0.29) is 17.4 Å². The Morgan fingerprint density at radius 3 is 2.57 bits per heavy atom. The number of hydrogen-bond acceptors (Lipinski definition) is 2. The topological polar surface area (TPSA) is 49.3 Å². The Morgan fingerprint density at radius 1 is 1.00 bits per heavy atom. The summed E-state index contributed by atoms with van der Waals surface area (Å²) >= 11 is 0. The van der Waals surface area contributed by atoms with E-state index in [9.17, 15) is 9.90 Å². The highest BCUT2D eigenvalue weighted by Gasteiger charge is 2.60. The summed E-state index contributed by atoms with van der Waals surface area (Å²) in [5.41, 5.74) is 0.466. The van der Waals surface area contributed by atoms with Gasteiger partial charge in [0.15, 0.2) is 0 Å². The van der Waals surface area contributed by atoms with Crippen molar-refractivity contribution in [2.75, 3.05) is 0 Å². The van der Waals surface area contributed by atoms with E-state index in [1.165, 1.54) is 25.7 Å². The lowest BCUT2D eigenvalue weighted by atomic mass is 9.47. The first-order valence-electron chi connectivity index (χ1n) is 8.92. The predicted molar refractivity (Wildman–Crippen MR) is 81.6 cm³/mol. The summed E-state index contributed by atoms with van der Waals surface area (Å²) in [6.07, 6.45) is 8.72. The Kier molecular flexibility index (Phi) is 2.99. The molecule has 0 aromatic carbocycles. The average Bonchev–Trinajstić information content (AvgIpc) is 2.76. The number of fused-ring (bicyclic) bond motifs is 5. The summed E-state index contributed by atoms with van der Waals surface area (Å²) in [6, 6.07) is 0.399. The van der Waals surface area contributed by atoms with Crippen molar-refractivity contribution >= 4 is 5.91 Å². The summed E-state index contributed by atoms with van der Waals surface area (Å²) in [5.74, 6) is 2.49. The minimum atomic E-state index is -0.0833. The van der Waals surface area contributed by atoms with Crippen LogP contribution in [0.2, 0.25) is 0 Å². The largest absolute Gasteiger partial charge is 0.393 e. The standard InChI is InChI=1S/C18H29NO2/c1-17-10-8-16(21)19-14(17)5-3-11-12-4-6-15(20)18(12,2)9-7-13(11)17/h11-15,20H,3-10H2,1-2H3,(H,19,21)/t11-,12-,13-,14+,15-,17+,18-/m0/s1. The van der Waals surface area contributed by atoms with Gasteiger partial charge in [-0.1, -0.05) is 13.8 Å². The van der Waals surface area contributed by atoms with Crippen LogP contribution in [0.3, 0.4) is 0 Å². The Labute approximate surface area is 127 Å².